The maximum Gasteiger partial charge on any atom is 0.274 e. The summed E-state index contributed by atoms with van der Waals surface area (Å²) in [6.07, 6.45) is 4.99. The van der Waals surface area contributed by atoms with Crippen LogP contribution < -0.4 is 10.3 Å². The molecule has 2 fully saturated rings. The van der Waals surface area contributed by atoms with Crippen LogP contribution in [0, 0.1) is 5.41 Å². The summed E-state index contributed by atoms with van der Waals surface area (Å²) in [6, 6.07) is 7.70. The molecule has 0 unspecified atom stereocenters. The summed E-state index contributed by atoms with van der Waals surface area (Å²) >= 11 is 0. The second kappa shape index (κ2) is 7.69. The van der Waals surface area contributed by atoms with E-state index in [4.69, 9.17) is 4.74 Å². The fraction of sp³-hybridized carbons (Fsp3) is 0.429. The van der Waals surface area contributed by atoms with Crippen LogP contribution in [0.3, 0.4) is 0 Å². The lowest BCUT2D eigenvalue weighted by Crippen LogP contribution is -2.65. The molecule has 29 heavy (non-hydrogen) atoms. The number of ether oxygens (including phenoxy) is 1. The molecule has 8 nitrogen and oxygen atoms in total. The highest BCUT2D eigenvalue weighted by molar-refractivity contribution is 5.95. The summed E-state index contributed by atoms with van der Waals surface area (Å²) in [6.45, 7) is 2.21. The first kappa shape index (κ1) is 19.2. The lowest BCUT2D eigenvalue weighted by Gasteiger charge is -2.50. The smallest absolute Gasteiger partial charge is 0.274 e. The van der Waals surface area contributed by atoms with E-state index in [1.165, 1.54) is 6.20 Å². The van der Waals surface area contributed by atoms with Crippen molar-refractivity contribution in [2.75, 3.05) is 33.3 Å². The number of rotatable bonds is 5. The van der Waals surface area contributed by atoms with Crippen molar-refractivity contribution >= 4 is 11.8 Å². The fourth-order valence-electron chi connectivity index (χ4n) is 4.20. The number of likely N-dealkylation sites (tertiary alicyclic amines) is 2. The first-order valence-corrected chi connectivity index (χ1v) is 9.77. The highest BCUT2D eigenvalue weighted by Crippen LogP contribution is 2.38. The van der Waals surface area contributed by atoms with Crippen molar-refractivity contribution in [1.29, 1.82) is 0 Å². The normalized spacial score (nSPS) is 17.7. The van der Waals surface area contributed by atoms with Crippen molar-refractivity contribution in [3.63, 3.8) is 0 Å². The molecular formula is C21H24N4O4. The topological polar surface area (TPSA) is 95.6 Å². The van der Waals surface area contributed by atoms with Gasteiger partial charge in [-0.3, -0.25) is 14.4 Å². The Kier molecular flexibility index (Phi) is 5.08. The molecule has 3 heterocycles. The number of carbonyl (C=O) groups excluding carboxylic acids is 2. The largest absolute Gasteiger partial charge is 0.497 e. The van der Waals surface area contributed by atoms with Gasteiger partial charge in [0, 0.05) is 32.4 Å². The average Bonchev–Trinajstić information content (AvgIpc) is 3.25. The van der Waals surface area contributed by atoms with Gasteiger partial charge in [-0.1, -0.05) is 12.1 Å². The Balaban J connectivity index is 1.55. The number of methoxy groups -OCH3 is 1. The van der Waals surface area contributed by atoms with Crippen LogP contribution in [-0.4, -0.2) is 64.9 Å². The predicted molar refractivity (Wildman–Crippen MR) is 106 cm³/mol. The molecule has 2 saturated heterocycles. The molecule has 2 aliphatic heterocycles. The Hall–Kier alpha value is -3.16. The van der Waals surface area contributed by atoms with Crippen LogP contribution >= 0.6 is 0 Å². The standard InChI is InChI=1S/C21H24N4O4/c1-29-16-6-4-5-15(9-16)10-21(20(28)24-7-2-3-8-24)13-25(14-21)19(27)17-11-23-18(26)12-22-17/h4-6,9,11-12H,2-3,7-8,10,13-14H2,1H3,(H,23,26). The Morgan fingerprint density at radius 2 is 1.97 bits per heavy atom. The van der Waals surface area contributed by atoms with Gasteiger partial charge in [-0.05, 0) is 37.0 Å². The summed E-state index contributed by atoms with van der Waals surface area (Å²) in [4.78, 5) is 47.2. The molecule has 1 aromatic carbocycles. The maximum atomic E-state index is 13.4. The van der Waals surface area contributed by atoms with E-state index in [1.54, 1.807) is 12.0 Å². The quantitative estimate of drug-likeness (QED) is 0.816. The Morgan fingerprint density at radius 3 is 2.62 bits per heavy atom. The number of aromatic amines is 1. The molecule has 1 aromatic heterocycles. The van der Waals surface area contributed by atoms with Gasteiger partial charge in [0.15, 0.2) is 0 Å². The third kappa shape index (κ3) is 3.74. The van der Waals surface area contributed by atoms with Crippen molar-refractivity contribution in [2.45, 2.75) is 19.3 Å². The summed E-state index contributed by atoms with van der Waals surface area (Å²) in [5, 5.41) is 0. The molecule has 8 heteroatoms. The van der Waals surface area contributed by atoms with E-state index in [0.29, 0.717) is 19.5 Å². The van der Waals surface area contributed by atoms with Gasteiger partial charge in [-0.2, -0.15) is 0 Å². The number of H-pyrrole nitrogens is 1. The van der Waals surface area contributed by atoms with Crippen LogP contribution in [0.4, 0.5) is 0 Å². The molecule has 0 radical (unpaired) electrons. The average molecular weight is 396 g/mol. The SMILES string of the molecule is COc1cccc(CC2(C(=O)N3CCCC3)CN(C(=O)c3c[nH]c(=O)cn3)C2)c1. The molecule has 0 spiro atoms. The van der Waals surface area contributed by atoms with E-state index in [0.717, 1.165) is 43.4 Å². The zero-order chi connectivity index (χ0) is 20.4. The molecule has 2 aliphatic rings. The molecule has 2 aromatic rings. The van der Waals surface area contributed by atoms with E-state index in [9.17, 15) is 14.4 Å². The fourth-order valence-corrected chi connectivity index (χ4v) is 4.20. The number of hydrogen-bond donors (Lipinski definition) is 1. The van der Waals surface area contributed by atoms with Crippen LogP contribution in [0.1, 0.15) is 28.9 Å². The maximum absolute atomic E-state index is 13.4. The second-order valence-corrected chi connectivity index (χ2v) is 7.77. The monoisotopic (exact) mass is 396 g/mol. The van der Waals surface area contributed by atoms with Crippen LogP contribution in [0.2, 0.25) is 0 Å². The molecule has 152 valence electrons. The molecule has 4 rings (SSSR count). The van der Waals surface area contributed by atoms with E-state index >= 15 is 0 Å². The lowest BCUT2D eigenvalue weighted by molar-refractivity contribution is -0.149. The number of nitrogens with zero attached hydrogens (tertiary/aromatic N) is 3. The number of hydrogen-bond acceptors (Lipinski definition) is 5. The van der Waals surface area contributed by atoms with Crippen molar-refractivity contribution in [3.05, 3.63) is 58.3 Å². The minimum absolute atomic E-state index is 0.108. The van der Waals surface area contributed by atoms with Crippen LogP contribution in [0.5, 0.6) is 5.75 Å². The first-order valence-electron chi connectivity index (χ1n) is 9.77. The molecule has 0 atom stereocenters. The van der Waals surface area contributed by atoms with Crippen molar-refractivity contribution in [1.82, 2.24) is 19.8 Å². The summed E-state index contributed by atoms with van der Waals surface area (Å²) in [7, 11) is 1.62. The minimum Gasteiger partial charge on any atom is -0.497 e. The van der Waals surface area contributed by atoms with Gasteiger partial charge in [-0.15, -0.1) is 0 Å². The molecule has 1 N–H and O–H groups in total. The summed E-state index contributed by atoms with van der Waals surface area (Å²) in [5.74, 6) is 0.573. The second-order valence-electron chi connectivity index (χ2n) is 7.77. The predicted octanol–water partition coefficient (Wildman–Crippen LogP) is 1.09. The lowest BCUT2D eigenvalue weighted by atomic mass is 9.73. The minimum atomic E-state index is -0.644. The van der Waals surface area contributed by atoms with Gasteiger partial charge in [0.2, 0.25) is 5.91 Å². The van der Waals surface area contributed by atoms with Gasteiger partial charge in [-0.25, -0.2) is 4.98 Å². The van der Waals surface area contributed by atoms with Gasteiger partial charge < -0.3 is 19.5 Å². The van der Waals surface area contributed by atoms with E-state index in [1.807, 2.05) is 29.2 Å². The van der Waals surface area contributed by atoms with Crippen molar-refractivity contribution < 1.29 is 14.3 Å². The zero-order valence-electron chi connectivity index (χ0n) is 16.4. The molecular weight excluding hydrogens is 372 g/mol. The third-order valence-electron chi connectivity index (χ3n) is 5.69. The van der Waals surface area contributed by atoms with Gasteiger partial charge in [0.25, 0.3) is 11.5 Å². The van der Waals surface area contributed by atoms with Crippen molar-refractivity contribution in [2.24, 2.45) is 5.41 Å². The van der Waals surface area contributed by atoms with Gasteiger partial charge >= 0.3 is 0 Å². The zero-order valence-corrected chi connectivity index (χ0v) is 16.4. The molecule has 0 bridgehead atoms. The number of nitrogens with one attached hydrogen (secondary N) is 1. The molecule has 0 aliphatic carbocycles. The number of carbonyl (C=O) groups is 2. The van der Waals surface area contributed by atoms with E-state index < -0.39 is 5.41 Å². The Morgan fingerprint density at radius 1 is 1.21 bits per heavy atom. The highest BCUT2D eigenvalue weighted by Gasteiger charge is 2.53. The highest BCUT2D eigenvalue weighted by atomic mass is 16.5. The van der Waals surface area contributed by atoms with E-state index in [-0.39, 0.29) is 23.1 Å². The molecule has 2 amide bonds. The van der Waals surface area contributed by atoms with Crippen LogP contribution in [0.15, 0.2) is 41.5 Å². The van der Waals surface area contributed by atoms with Crippen LogP contribution in [0.25, 0.3) is 0 Å². The third-order valence-corrected chi connectivity index (χ3v) is 5.69. The summed E-state index contributed by atoms with van der Waals surface area (Å²) in [5.41, 5.74) is 0.176. The number of benzene rings is 1. The Labute approximate surface area is 168 Å². The number of aromatic nitrogens is 2. The summed E-state index contributed by atoms with van der Waals surface area (Å²) < 4.78 is 5.31. The van der Waals surface area contributed by atoms with E-state index in [2.05, 4.69) is 9.97 Å². The van der Waals surface area contributed by atoms with Gasteiger partial charge in [0.05, 0.1) is 18.7 Å². The Bertz CT molecular complexity index is 954. The van der Waals surface area contributed by atoms with Crippen molar-refractivity contribution in [3.8, 4) is 5.75 Å². The van der Waals surface area contributed by atoms with Gasteiger partial charge in [0.1, 0.15) is 11.4 Å². The molecule has 0 saturated carbocycles. The first-order chi connectivity index (χ1) is 14.0. The van der Waals surface area contributed by atoms with Crippen LogP contribution in [-0.2, 0) is 11.2 Å². The number of amides is 2.